The second-order valence-electron chi connectivity index (χ2n) is 8.46. The smallest absolute Gasteiger partial charge is 0.207 e. The summed E-state index contributed by atoms with van der Waals surface area (Å²) in [6.45, 7) is 1.84. The van der Waals surface area contributed by atoms with Crippen molar-refractivity contribution < 1.29 is 8.42 Å². The standard InChI is InChI=1S/C29H29NO2S2/c1-23-19-20-24(21-28(23)34(31,32)30(2)3)22-33-29(25-13-7-4-8-14-25,26-15-9-5-10-16-26)27-17-11-6-12-18-27/h4-21H,22H2,1-3H3. The zero-order chi connectivity index (χ0) is 24.2. The molecular weight excluding hydrogens is 458 g/mol. The molecule has 4 rings (SSSR count). The molecule has 0 heterocycles. The van der Waals surface area contributed by atoms with E-state index in [2.05, 4.69) is 72.8 Å². The third kappa shape index (κ3) is 4.69. The number of thioether (sulfide) groups is 1. The fraction of sp³-hybridized carbons (Fsp3) is 0.172. The van der Waals surface area contributed by atoms with Gasteiger partial charge in [-0.25, -0.2) is 12.7 Å². The van der Waals surface area contributed by atoms with Crippen molar-refractivity contribution >= 4 is 21.8 Å². The van der Waals surface area contributed by atoms with E-state index in [-0.39, 0.29) is 0 Å². The summed E-state index contributed by atoms with van der Waals surface area (Å²) in [4.78, 5) is 0.361. The van der Waals surface area contributed by atoms with Crippen LogP contribution in [-0.2, 0) is 20.5 Å². The average molecular weight is 488 g/mol. The van der Waals surface area contributed by atoms with Crippen molar-refractivity contribution in [1.29, 1.82) is 0 Å². The highest BCUT2D eigenvalue weighted by Gasteiger charge is 2.37. The molecule has 0 aliphatic heterocycles. The highest BCUT2D eigenvalue weighted by molar-refractivity contribution is 7.99. The van der Waals surface area contributed by atoms with Gasteiger partial charge >= 0.3 is 0 Å². The van der Waals surface area contributed by atoms with Gasteiger partial charge < -0.3 is 0 Å². The van der Waals surface area contributed by atoms with Crippen molar-refractivity contribution in [2.75, 3.05) is 14.1 Å². The van der Waals surface area contributed by atoms with E-state index in [0.29, 0.717) is 10.6 Å². The van der Waals surface area contributed by atoms with Crippen LogP contribution in [0.4, 0.5) is 0 Å². The molecule has 0 fully saturated rings. The summed E-state index contributed by atoms with van der Waals surface area (Å²) in [7, 11) is -0.375. The van der Waals surface area contributed by atoms with Gasteiger partial charge in [0.15, 0.2) is 0 Å². The molecule has 0 unspecified atom stereocenters. The summed E-state index contributed by atoms with van der Waals surface area (Å²) < 4.78 is 26.6. The van der Waals surface area contributed by atoms with Gasteiger partial charge in [-0.3, -0.25) is 0 Å². The Kier molecular flexibility index (Phi) is 7.27. The number of rotatable bonds is 8. The molecule has 174 valence electrons. The summed E-state index contributed by atoms with van der Waals surface area (Å²) in [5.74, 6) is 0.648. The predicted octanol–water partition coefficient (Wildman–Crippen LogP) is 6.47. The Hall–Kier alpha value is -2.86. The Balaban J connectivity index is 1.84. The molecular formula is C29H29NO2S2. The first-order valence-electron chi connectivity index (χ1n) is 11.2. The van der Waals surface area contributed by atoms with E-state index in [4.69, 9.17) is 0 Å². The molecule has 0 bridgehead atoms. The van der Waals surface area contributed by atoms with Gasteiger partial charge in [-0.05, 0) is 40.8 Å². The zero-order valence-corrected chi connectivity index (χ0v) is 21.3. The van der Waals surface area contributed by atoms with Crippen molar-refractivity contribution in [3.05, 3.63) is 137 Å². The number of hydrogen-bond donors (Lipinski definition) is 0. The van der Waals surface area contributed by atoms with Crippen LogP contribution in [0.2, 0.25) is 0 Å². The van der Waals surface area contributed by atoms with Crippen LogP contribution in [0.25, 0.3) is 0 Å². The predicted molar refractivity (Wildman–Crippen MR) is 143 cm³/mol. The molecule has 0 amide bonds. The minimum atomic E-state index is -3.52. The van der Waals surface area contributed by atoms with Crippen LogP contribution in [0.1, 0.15) is 27.8 Å². The van der Waals surface area contributed by atoms with Gasteiger partial charge in [0.25, 0.3) is 0 Å². The molecule has 4 aromatic carbocycles. The van der Waals surface area contributed by atoms with Crippen molar-refractivity contribution in [3.8, 4) is 0 Å². The SMILES string of the molecule is Cc1ccc(CSC(c2ccccc2)(c2ccccc2)c2ccccc2)cc1S(=O)(=O)N(C)C. The van der Waals surface area contributed by atoms with Crippen LogP contribution in [0, 0.1) is 6.92 Å². The highest BCUT2D eigenvalue weighted by atomic mass is 32.2. The molecule has 0 aliphatic rings. The van der Waals surface area contributed by atoms with E-state index in [9.17, 15) is 8.42 Å². The van der Waals surface area contributed by atoms with Crippen molar-refractivity contribution in [3.63, 3.8) is 0 Å². The van der Waals surface area contributed by atoms with Crippen LogP contribution in [-0.4, -0.2) is 26.8 Å². The van der Waals surface area contributed by atoms with E-state index < -0.39 is 14.8 Å². The van der Waals surface area contributed by atoms with E-state index >= 15 is 0 Å². The molecule has 34 heavy (non-hydrogen) atoms. The lowest BCUT2D eigenvalue weighted by atomic mass is 9.84. The minimum absolute atomic E-state index is 0.361. The molecule has 0 aromatic heterocycles. The van der Waals surface area contributed by atoms with Gasteiger partial charge in [0.1, 0.15) is 0 Å². The second-order valence-corrected chi connectivity index (χ2v) is 11.8. The lowest BCUT2D eigenvalue weighted by molar-refractivity contribution is 0.520. The first-order chi connectivity index (χ1) is 16.4. The van der Waals surface area contributed by atoms with Crippen molar-refractivity contribution in [1.82, 2.24) is 4.31 Å². The number of nitrogens with zero attached hydrogens (tertiary/aromatic N) is 1. The average Bonchev–Trinajstić information content (AvgIpc) is 2.87. The molecule has 0 atom stereocenters. The van der Waals surface area contributed by atoms with Crippen LogP contribution < -0.4 is 0 Å². The fourth-order valence-electron chi connectivity index (χ4n) is 4.17. The second kappa shape index (κ2) is 10.2. The topological polar surface area (TPSA) is 37.4 Å². The summed E-state index contributed by atoms with van der Waals surface area (Å²) >= 11 is 1.81. The zero-order valence-electron chi connectivity index (χ0n) is 19.7. The monoisotopic (exact) mass is 487 g/mol. The number of aryl methyl sites for hydroxylation is 1. The van der Waals surface area contributed by atoms with Crippen LogP contribution >= 0.6 is 11.8 Å². The van der Waals surface area contributed by atoms with Crippen molar-refractivity contribution in [2.24, 2.45) is 0 Å². The van der Waals surface area contributed by atoms with Gasteiger partial charge in [0.05, 0.1) is 9.64 Å². The fourth-order valence-corrected chi connectivity index (χ4v) is 6.81. The first-order valence-corrected chi connectivity index (χ1v) is 13.6. The van der Waals surface area contributed by atoms with Crippen LogP contribution in [0.15, 0.2) is 114 Å². The number of sulfonamides is 1. The maximum absolute atomic E-state index is 12.9. The number of hydrogen-bond acceptors (Lipinski definition) is 3. The normalized spacial score (nSPS) is 12.1. The van der Waals surface area contributed by atoms with E-state index in [1.54, 1.807) is 25.9 Å². The van der Waals surface area contributed by atoms with Crippen LogP contribution in [0.5, 0.6) is 0 Å². The molecule has 0 saturated heterocycles. The Morgan fingerprint density at radius 2 is 1.15 bits per heavy atom. The molecule has 0 saturated carbocycles. The highest BCUT2D eigenvalue weighted by Crippen LogP contribution is 2.49. The lowest BCUT2D eigenvalue weighted by Gasteiger charge is -2.35. The largest absolute Gasteiger partial charge is 0.242 e. The Morgan fingerprint density at radius 1 is 0.706 bits per heavy atom. The maximum atomic E-state index is 12.9. The van der Waals surface area contributed by atoms with Crippen molar-refractivity contribution in [2.45, 2.75) is 22.3 Å². The molecule has 4 aromatic rings. The summed E-state index contributed by atoms with van der Waals surface area (Å²) in [5.41, 5.74) is 5.29. The Labute approximate surface area is 207 Å². The molecule has 0 spiro atoms. The summed E-state index contributed by atoms with van der Waals surface area (Å²) in [6.07, 6.45) is 0. The van der Waals surface area contributed by atoms with Gasteiger partial charge in [0.2, 0.25) is 10.0 Å². The first kappa shape index (κ1) is 24.3. The summed E-state index contributed by atoms with van der Waals surface area (Å²) in [5, 5.41) is 0. The van der Waals surface area contributed by atoms with E-state index in [1.807, 2.05) is 43.3 Å². The van der Waals surface area contributed by atoms with E-state index in [1.165, 1.54) is 21.0 Å². The maximum Gasteiger partial charge on any atom is 0.242 e. The quantitative estimate of drug-likeness (QED) is 0.267. The molecule has 0 aliphatic carbocycles. The third-order valence-corrected chi connectivity index (χ3v) is 9.58. The lowest BCUT2D eigenvalue weighted by Crippen LogP contribution is -2.26. The molecule has 0 N–H and O–H groups in total. The van der Waals surface area contributed by atoms with Gasteiger partial charge in [-0.15, -0.1) is 11.8 Å². The number of benzene rings is 4. The van der Waals surface area contributed by atoms with Crippen LogP contribution in [0.3, 0.4) is 0 Å². The third-order valence-electron chi connectivity index (χ3n) is 6.01. The molecule has 0 radical (unpaired) electrons. The van der Waals surface area contributed by atoms with Gasteiger partial charge in [0, 0.05) is 19.8 Å². The molecule has 5 heteroatoms. The minimum Gasteiger partial charge on any atom is -0.207 e. The van der Waals surface area contributed by atoms with Gasteiger partial charge in [-0.1, -0.05) is 103 Å². The Morgan fingerprint density at radius 3 is 1.56 bits per heavy atom. The molecule has 3 nitrogen and oxygen atoms in total. The Bertz CT molecular complexity index is 1240. The summed E-state index contributed by atoms with van der Waals surface area (Å²) in [6, 6.07) is 37.3. The van der Waals surface area contributed by atoms with Gasteiger partial charge in [-0.2, -0.15) is 0 Å². The van der Waals surface area contributed by atoms with E-state index in [0.717, 1.165) is 11.1 Å².